The third kappa shape index (κ3) is 5.58. The first-order valence-corrected chi connectivity index (χ1v) is 7.30. The third-order valence-corrected chi connectivity index (χ3v) is 3.03. The minimum atomic E-state index is -0.330. The standard InChI is InChI=1S/C17H26N2O2/c1-11(2)13-9-7-8-12(3)16(13)18-14(20)10-15(21)19-17(4,5)6/h7-9,11H,10H2,1-6H3,(H,18,20)(H,19,21). The van der Waals surface area contributed by atoms with Gasteiger partial charge in [-0.05, 0) is 44.7 Å². The van der Waals surface area contributed by atoms with Gasteiger partial charge >= 0.3 is 0 Å². The summed E-state index contributed by atoms with van der Waals surface area (Å²) in [7, 11) is 0. The van der Waals surface area contributed by atoms with E-state index in [1.165, 1.54) is 0 Å². The van der Waals surface area contributed by atoms with E-state index in [-0.39, 0.29) is 23.8 Å². The molecule has 0 radical (unpaired) electrons. The number of carbonyl (C=O) groups excluding carboxylic acids is 2. The maximum atomic E-state index is 12.1. The highest BCUT2D eigenvalue weighted by Crippen LogP contribution is 2.27. The Labute approximate surface area is 127 Å². The fraction of sp³-hybridized carbons (Fsp3) is 0.529. The van der Waals surface area contributed by atoms with Crippen LogP contribution in [-0.4, -0.2) is 17.4 Å². The monoisotopic (exact) mass is 290 g/mol. The first kappa shape index (κ1) is 17.2. The summed E-state index contributed by atoms with van der Waals surface area (Å²) >= 11 is 0. The second-order valence-corrected chi connectivity index (χ2v) is 6.72. The van der Waals surface area contributed by atoms with Crippen LogP contribution in [-0.2, 0) is 9.59 Å². The first-order chi connectivity index (χ1) is 9.60. The van der Waals surface area contributed by atoms with Crippen LogP contribution in [0.1, 0.15) is 58.1 Å². The van der Waals surface area contributed by atoms with Gasteiger partial charge in [-0.15, -0.1) is 0 Å². The molecule has 4 heteroatoms. The number of amides is 2. The van der Waals surface area contributed by atoms with E-state index in [0.29, 0.717) is 5.92 Å². The van der Waals surface area contributed by atoms with Crippen molar-refractivity contribution in [2.75, 3.05) is 5.32 Å². The van der Waals surface area contributed by atoms with Crippen LogP contribution in [0.2, 0.25) is 0 Å². The Morgan fingerprint density at radius 3 is 2.29 bits per heavy atom. The van der Waals surface area contributed by atoms with E-state index in [9.17, 15) is 9.59 Å². The van der Waals surface area contributed by atoms with Crippen molar-refractivity contribution >= 4 is 17.5 Å². The second-order valence-electron chi connectivity index (χ2n) is 6.72. The average molecular weight is 290 g/mol. The van der Waals surface area contributed by atoms with Gasteiger partial charge in [0.05, 0.1) is 0 Å². The average Bonchev–Trinajstić information content (AvgIpc) is 2.28. The molecule has 0 fully saturated rings. The molecule has 0 heterocycles. The highest BCUT2D eigenvalue weighted by atomic mass is 16.2. The second kappa shape index (κ2) is 6.74. The molecule has 21 heavy (non-hydrogen) atoms. The fourth-order valence-electron chi connectivity index (χ4n) is 2.13. The lowest BCUT2D eigenvalue weighted by Crippen LogP contribution is -2.42. The SMILES string of the molecule is Cc1cccc(C(C)C)c1NC(=O)CC(=O)NC(C)(C)C. The van der Waals surface area contributed by atoms with Gasteiger partial charge in [-0.25, -0.2) is 0 Å². The Morgan fingerprint density at radius 1 is 1.14 bits per heavy atom. The van der Waals surface area contributed by atoms with E-state index >= 15 is 0 Å². The fourth-order valence-corrected chi connectivity index (χ4v) is 2.13. The van der Waals surface area contributed by atoms with Gasteiger partial charge in [0.25, 0.3) is 0 Å². The molecule has 0 spiro atoms. The molecule has 0 aliphatic heterocycles. The Morgan fingerprint density at radius 2 is 1.76 bits per heavy atom. The minimum absolute atomic E-state index is 0.164. The number of rotatable bonds is 4. The van der Waals surface area contributed by atoms with E-state index in [1.54, 1.807) is 0 Å². The minimum Gasteiger partial charge on any atom is -0.351 e. The van der Waals surface area contributed by atoms with Gasteiger partial charge in [-0.3, -0.25) is 9.59 Å². The molecule has 0 aliphatic carbocycles. The van der Waals surface area contributed by atoms with E-state index in [2.05, 4.69) is 24.5 Å². The lowest BCUT2D eigenvalue weighted by Gasteiger charge is -2.21. The number of carbonyl (C=O) groups is 2. The number of aryl methyl sites for hydroxylation is 1. The number of hydrogen-bond acceptors (Lipinski definition) is 2. The van der Waals surface area contributed by atoms with Crippen molar-refractivity contribution < 1.29 is 9.59 Å². The lowest BCUT2D eigenvalue weighted by molar-refractivity contribution is -0.127. The molecule has 0 bridgehead atoms. The summed E-state index contributed by atoms with van der Waals surface area (Å²) in [5, 5.41) is 5.67. The van der Waals surface area contributed by atoms with Crippen molar-refractivity contribution in [2.24, 2.45) is 0 Å². The molecule has 0 unspecified atom stereocenters. The van der Waals surface area contributed by atoms with Crippen molar-refractivity contribution in [3.05, 3.63) is 29.3 Å². The summed E-state index contributed by atoms with van der Waals surface area (Å²) < 4.78 is 0. The largest absolute Gasteiger partial charge is 0.351 e. The predicted octanol–water partition coefficient (Wildman–Crippen LogP) is 3.36. The van der Waals surface area contributed by atoms with Crippen LogP contribution >= 0.6 is 0 Å². The molecule has 0 aromatic heterocycles. The topological polar surface area (TPSA) is 58.2 Å². The van der Waals surface area contributed by atoms with Gasteiger partial charge in [0.15, 0.2) is 0 Å². The smallest absolute Gasteiger partial charge is 0.233 e. The van der Waals surface area contributed by atoms with Crippen LogP contribution in [0.15, 0.2) is 18.2 Å². The molecule has 116 valence electrons. The van der Waals surface area contributed by atoms with Crippen molar-refractivity contribution in [2.45, 2.75) is 59.4 Å². The van der Waals surface area contributed by atoms with Crippen molar-refractivity contribution in [3.8, 4) is 0 Å². The van der Waals surface area contributed by atoms with Gasteiger partial charge in [0.2, 0.25) is 11.8 Å². The summed E-state index contributed by atoms with van der Waals surface area (Å²) in [6.45, 7) is 11.8. The zero-order chi connectivity index (χ0) is 16.2. The maximum Gasteiger partial charge on any atom is 0.233 e. The van der Waals surface area contributed by atoms with Crippen LogP contribution in [0.3, 0.4) is 0 Å². The van der Waals surface area contributed by atoms with E-state index < -0.39 is 0 Å². The van der Waals surface area contributed by atoms with Crippen molar-refractivity contribution in [3.63, 3.8) is 0 Å². The number of anilines is 1. The number of benzene rings is 1. The molecule has 1 rings (SSSR count). The molecule has 0 saturated heterocycles. The molecular formula is C17H26N2O2. The summed E-state index contributed by atoms with van der Waals surface area (Å²) in [5.74, 6) is -0.240. The van der Waals surface area contributed by atoms with Crippen molar-refractivity contribution in [1.82, 2.24) is 5.32 Å². The Kier molecular flexibility index (Phi) is 5.53. The van der Waals surface area contributed by atoms with Gasteiger partial charge in [-0.2, -0.15) is 0 Å². The highest BCUT2D eigenvalue weighted by Gasteiger charge is 2.18. The van der Waals surface area contributed by atoms with Crippen LogP contribution in [0.5, 0.6) is 0 Å². The maximum absolute atomic E-state index is 12.1. The highest BCUT2D eigenvalue weighted by molar-refractivity contribution is 6.04. The normalized spacial score (nSPS) is 11.4. The van der Waals surface area contributed by atoms with Crippen LogP contribution in [0.25, 0.3) is 0 Å². The van der Waals surface area contributed by atoms with Crippen LogP contribution in [0.4, 0.5) is 5.69 Å². The van der Waals surface area contributed by atoms with Gasteiger partial charge < -0.3 is 10.6 Å². The van der Waals surface area contributed by atoms with Gasteiger partial charge in [0, 0.05) is 11.2 Å². The van der Waals surface area contributed by atoms with Crippen LogP contribution in [0, 0.1) is 6.92 Å². The molecule has 0 atom stereocenters. The van der Waals surface area contributed by atoms with Crippen LogP contribution < -0.4 is 10.6 Å². The molecular weight excluding hydrogens is 264 g/mol. The molecule has 1 aromatic carbocycles. The summed E-state index contributed by atoms with van der Waals surface area (Å²) in [6, 6.07) is 5.94. The number of hydrogen-bond donors (Lipinski definition) is 2. The zero-order valence-corrected chi connectivity index (χ0v) is 13.8. The lowest BCUT2D eigenvalue weighted by atomic mass is 9.98. The van der Waals surface area contributed by atoms with E-state index in [1.807, 2.05) is 45.9 Å². The summed E-state index contributed by atoms with van der Waals surface area (Å²) in [6.07, 6.45) is -0.164. The Balaban J connectivity index is 2.78. The predicted molar refractivity (Wildman–Crippen MR) is 86.4 cm³/mol. The quantitative estimate of drug-likeness (QED) is 0.835. The van der Waals surface area contributed by atoms with Crippen molar-refractivity contribution in [1.29, 1.82) is 0 Å². The first-order valence-electron chi connectivity index (χ1n) is 7.30. The summed E-state index contributed by atoms with van der Waals surface area (Å²) in [5.41, 5.74) is 2.58. The van der Waals surface area contributed by atoms with Gasteiger partial charge in [-0.1, -0.05) is 32.0 Å². The van der Waals surface area contributed by atoms with E-state index in [0.717, 1.165) is 16.8 Å². The molecule has 4 nitrogen and oxygen atoms in total. The van der Waals surface area contributed by atoms with E-state index in [4.69, 9.17) is 0 Å². The molecule has 2 N–H and O–H groups in total. The molecule has 2 amide bonds. The Bertz CT molecular complexity index is 528. The molecule has 0 aliphatic rings. The molecule has 1 aromatic rings. The number of para-hydroxylation sites is 1. The number of nitrogens with one attached hydrogen (secondary N) is 2. The Hall–Kier alpha value is -1.84. The molecule has 0 saturated carbocycles. The third-order valence-electron chi connectivity index (χ3n) is 3.03. The summed E-state index contributed by atoms with van der Waals surface area (Å²) in [4.78, 5) is 23.9. The zero-order valence-electron chi connectivity index (χ0n) is 13.8. The van der Waals surface area contributed by atoms with Gasteiger partial charge in [0.1, 0.15) is 6.42 Å².